The number of ether oxygens (including phenoxy) is 1. The molecule has 0 aliphatic rings. The molecule has 0 aliphatic heterocycles. The lowest BCUT2D eigenvalue weighted by Crippen LogP contribution is -1.79. The van der Waals surface area contributed by atoms with Gasteiger partial charge in [-0.15, -0.1) is 0 Å². The molecule has 23 heavy (non-hydrogen) atoms. The van der Waals surface area contributed by atoms with Gasteiger partial charge in [0.05, 0.1) is 7.11 Å². The van der Waals surface area contributed by atoms with Gasteiger partial charge in [0.25, 0.3) is 0 Å². The molecule has 0 radical (unpaired) electrons. The van der Waals surface area contributed by atoms with Gasteiger partial charge in [0.2, 0.25) is 0 Å². The summed E-state index contributed by atoms with van der Waals surface area (Å²) in [6, 6.07) is 0. The van der Waals surface area contributed by atoms with Crippen LogP contribution in [0.3, 0.4) is 0 Å². The second kappa shape index (κ2) is 18.3. The van der Waals surface area contributed by atoms with Crippen LogP contribution < -0.4 is 0 Å². The van der Waals surface area contributed by atoms with Crippen molar-refractivity contribution in [2.24, 2.45) is 0 Å². The number of aliphatic hydroxyl groups is 1. The first-order chi connectivity index (χ1) is 11.3. The molecule has 1 N–H and O–H groups in total. The van der Waals surface area contributed by atoms with E-state index in [0.717, 1.165) is 6.26 Å². The SMILES string of the molecule is CCCCCCCCCCC=CC=CC=CC=CC(=CO)OC. The molecule has 0 amide bonds. The molecule has 0 heterocycles. The zero-order valence-electron chi connectivity index (χ0n) is 14.9. The number of hydrogen-bond donors (Lipinski definition) is 1. The molecule has 0 saturated heterocycles. The van der Waals surface area contributed by atoms with Gasteiger partial charge in [0.1, 0.15) is 6.26 Å². The molecule has 0 atom stereocenters. The van der Waals surface area contributed by atoms with Crippen molar-refractivity contribution < 1.29 is 9.84 Å². The topological polar surface area (TPSA) is 29.5 Å². The van der Waals surface area contributed by atoms with Crippen LogP contribution in [0, 0.1) is 0 Å². The van der Waals surface area contributed by atoms with Crippen LogP contribution in [-0.4, -0.2) is 12.2 Å². The fourth-order valence-corrected chi connectivity index (χ4v) is 2.14. The van der Waals surface area contributed by atoms with E-state index >= 15 is 0 Å². The van der Waals surface area contributed by atoms with Crippen LogP contribution in [0.25, 0.3) is 0 Å². The summed E-state index contributed by atoms with van der Waals surface area (Å²) in [5, 5.41) is 8.77. The van der Waals surface area contributed by atoms with Crippen LogP contribution in [-0.2, 0) is 4.74 Å². The molecule has 0 unspecified atom stereocenters. The van der Waals surface area contributed by atoms with E-state index in [1.54, 1.807) is 6.08 Å². The summed E-state index contributed by atoms with van der Waals surface area (Å²) in [6.45, 7) is 2.26. The Hall–Kier alpha value is -1.70. The quantitative estimate of drug-likeness (QED) is 0.217. The van der Waals surface area contributed by atoms with Crippen LogP contribution in [0.2, 0.25) is 0 Å². The monoisotopic (exact) mass is 318 g/mol. The molecule has 130 valence electrons. The van der Waals surface area contributed by atoms with E-state index in [4.69, 9.17) is 9.84 Å². The van der Waals surface area contributed by atoms with Gasteiger partial charge in [0.15, 0.2) is 5.76 Å². The molecule has 0 aromatic heterocycles. The van der Waals surface area contributed by atoms with Crippen molar-refractivity contribution in [3.63, 3.8) is 0 Å². The summed E-state index contributed by atoms with van der Waals surface area (Å²) < 4.78 is 4.88. The van der Waals surface area contributed by atoms with Gasteiger partial charge in [-0.3, -0.25) is 0 Å². The predicted octanol–water partition coefficient (Wildman–Crippen LogP) is 6.79. The Labute approximate surface area is 142 Å². The molecule has 0 aromatic carbocycles. The lowest BCUT2D eigenvalue weighted by Gasteiger charge is -1.99. The average molecular weight is 319 g/mol. The molecule has 0 saturated carbocycles. The van der Waals surface area contributed by atoms with Crippen molar-refractivity contribution in [1.82, 2.24) is 0 Å². The van der Waals surface area contributed by atoms with Crippen LogP contribution in [0.5, 0.6) is 0 Å². The first-order valence-electron chi connectivity index (χ1n) is 8.90. The summed E-state index contributed by atoms with van der Waals surface area (Å²) in [5.74, 6) is 0.434. The van der Waals surface area contributed by atoms with E-state index in [2.05, 4.69) is 19.1 Å². The highest BCUT2D eigenvalue weighted by Crippen LogP contribution is 2.09. The molecule has 2 nitrogen and oxygen atoms in total. The summed E-state index contributed by atoms with van der Waals surface area (Å²) >= 11 is 0. The van der Waals surface area contributed by atoms with Crippen LogP contribution >= 0.6 is 0 Å². The lowest BCUT2D eigenvalue weighted by atomic mass is 10.1. The third-order valence-corrected chi connectivity index (χ3v) is 3.54. The largest absolute Gasteiger partial charge is 0.512 e. The first kappa shape index (κ1) is 21.3. The smallest absolute Gasteiger partial charge is 0.152 e. The second-order valence-corrected chi connectivity index (χ2v) is 5.56. The minimum Gasteiger partial charge on any atom is -0.512 e. The van der Waals surface area contributed by atoms with E-state index in [0.29, 0.717) is 5.76 Å². The molecule has 0 aromatic rings. The van der Waals surface area contributed by atoms with E-state index in [9.17, 15) is 0 Å². The van der Waals surface area contributed by atoms with Crippen LogP contribution in [0.4, 0.5) is 0 Å². The standard InChI is InChI=1S/C21H34O2/c1-3-4-5-6-7-8-9-10-11-12-13-14-15-16-17-18-19-21(20-22)23-2/h12-20,22H,3-11H2,1-2H3. The third-order valence-electron chi connectivity index (χ3n) is 3.54. The van der Waals surface area contributed by atoms with Crippen LogP contribution in [0.1, 0.15) is 64.7 Å². The van der Waals surface area contributed by atoms with Crippen molar-refractivity contribution in [2.75, 3.05) is 7.11 Å². The maximum atomic E-state index is 8.77. The highest BCUT2D eigenvalue weighted by molar-refractivity contribution is 5.19. The summed E-state index contributed by atoms with van der Waals surface area (Å²) in [7, 11) is 1.52. The van der Waals surface area contributed by atoms with Gasteiger partial charge in [-0.25, -0.2) is 0 Å². The Morgan fingerprint density at radius 1 is 0.783 bits per heavy atom. The molecule has 0 aliphatic carbocycles. The number of aliphatic hydroxyl groups excluding tert-OH is 1. The van der Waals surface area contributed by atoms with Gasteiger partial charge in [0, 0.05) is 0 Å². The highest BCUT2D eigenvalue weighted by Gasteiger charge is 1.90. The molecular weight excluding hydrogens is 284 g/mol. The van der Waals surface area contributed by atoms with Crippen molar-refractivity contribution in [1.29, 1.82) is 0 Å². The lowest BCUT2D eigenvalue weighted by molar-refractivity contribution is 0.286. The number of hydrogen-bond acceptors (Lipinski definition) is 2. The maximum absolute atomic E-state index is 8.77. The zero-order chi connectivity index (χ0) is 17.0. The Morgan fingerprint density at radius 3 is 1.96 bits per heavy atom. The van der Waals surface area contributed by atoms with Gasteiger partial charge < -0.3 is 9.84 Å². The minimum absolute atomic E-state index is 0.434. The van der Waals surface area contributed by atoms with Crippen LogP contribution in [0.15, 0.2) is 60.6 Å². The molecular formula is C21H34O2. The fourth-order valence-electron chi connectivity index (χ4n) is 2.14. The molecule has 0 spiro atoms. The van der Waals surface area contributed by atoms with E-state index in [1.165, 1.54) is 64.9 Å². The van der Waals surface area contributed by atoms with E-state index in [-0.39, 0.29) is 0 Å². The maximum Gasteiger partial charge on any atom is 0.152 e. The predicted molar refractivity (Wildman–Crippen MR) is 102 cm³/mol. The van der Waals surface area contributed by atoms with Gasteiger partial charge in [-0.2, -0.15) is 0 Å². The molecule has 0 bridgehead atoms. The first-order valence-corrected chi connectivity index (χ1v) is 8.90. The van der Waals surface area contributed by atoms with Crippen molar-refractivity contribution in [2.45, 2.75) is 64.7 Å². The van der Waals surface area contributed by atoms with E-state index in [1.807, 2.05) is 30.4 Å². The van der Waals surface area contributed by atoms with Gasteiger partial charge in [-0.05, 0) is 18.9 Å². The number of unbranched alkanes of at least 4 members (excludes halogenated alkanes) is 8. The summed E-state index contributed by atoms with van der Waals surface area (Å²) in [4.78, 5) is 0. The molecule has 0 rings (SSSR count). The molecule has 0 fully saturated rings. The third kappa shape index (κ3) is 16.5. The number of rotatable bonds is 14. The Kier molecular flexibility index (Phi) is 17.0. The fraction of sp³-hybridized carbons (Fsp3) is 0.524. The zero-order valence-corrected chi connectivity index (χ0v) is 14.9. The summed E-state index contributed by atoms with van der Waals surface area (Å²) in [5.41, 5.74) is 0. The Morgan fingerprint density at radius 2 is 1.35 bits per heavy atom. The Balaban J connectivity index is 3.52. The minimum atomic E-state index is 0.434. The van der Waals surface area contributed by atoms with Crippen molar-refractivity contribution in [3.05, 3.63) is 60.6 Å². The van der Waals surface area contributed by atoms with Gasteiger partial charge >= 0.3 is 0 Å². The number of methoxy groups -OCH3 is 1. The Bertz CT molecular complexity index is 387. The highest BCUT2D eigenvalue weighted by atomic mass is 16.5. The normalized spacial score (nSPS) is 13.2. The second-order valence-electron chi connectivity index (χ2n) is 5.56. The average Bonchev–Trinajstić information content (AvgIpc) is 2.58. The van der Waals surface area contributed by atoms with Crippen molar-refractivity contribution in [3.8, 4) is 0 Å². The van der Waals surface area contributed by atoms with E-state index < -0.39 is 0 Å². The summed E-state index contributed by atoms with van der Waals surface area (Å²) in [6.07, 6.45) is 28.8. The van der Waals surface area contributed by atoms with Gasteiger partial charge in [-0.1, -0.05) is 94.4 Å². The molecule has 2 heteroatoms. The number of allylic oxidation sites excluding steroid dienone is 8. The van der Waals surface area contributed by atoms with Crippen molar-refractivity contribution >= 4 is 0 Å².